The molecule has 7 nitrogen and oxygen atoms in total. The lowest BCUT2D eigenvalue weighted by molar-refractivity contribution is -0.119. The van der Waals surface area contributed by atoms with Gasteiger partial charge in [-0.3, -0.25) is 19.5 Å². The van der Waals surface area contributed by atoms with Crippen molar-refractivity contribution in [3.05, 3.63) is 50.1 Å². The van der Waals surface area contributed by atoms with Gasteiger partial charge in [-0.25, -0.2) is 9.78 Å². The highest BCUT2D eigenvalue weighted by molar-refractivity contribution is 8.00. The third-order valence-corrected chi connectivity index (χ3v) is 7.95. The van der Waals surface area contributed by atoms with Gasteiger partial charge in [0.05, 0.1) is 16.3 Å². The van der Waals surface area contributed by atoms with Crippen molar-refractivity contribution in [2.45, 2.75) is 43.5 Å². The number of aromatic nitrogens is 2. The van der Waals surface area contributed by atoms with Gasteiger partial charge in [-0.05, 0) is 61.9 Å². The third-order valence-electron chi connectivity index (χ3n) is 5.50. The number of fused-ring (bicyclic) bond motifs is 3. The fourth-order valence-electron chi connectivity index (χ4n) is 3.76. The van der Waals surface area contributed by atoms with Crippen LogP contribution in [0, 0.1) is 5.92 Å². The van der Waals surface area contributed by atoms with Gasteiger partial charge in [0, 0.05) is 16.9 Å². The smallest absolute Gasteiger partial charge is 0.321 e. The zero-order valence-electron chi connectivity index (χ0n) is 17.9. The molecular formula is C22H23ClN4O3S2. The third kappa shape index (κ3) is 4.42. The van der Waals surface area contributed by atoms with Crippen molar-refractivity contribution in [3.8, 4) is 5.69 Å². The molecule has 3 amide bonds. The Hall–Kier alpha value is -2.36. The second-order valence-electron chi connectivity index (χ2n) is 7.87. The molecule has 4 rings (SSSR count). The molecule has 0 aliphatic heterocycles. The molecule has 0 saturated carbocycles. The number of nitrogens with zero attached hydrogens (tertiary/aromatic N) is 2. The maximum atomic E-state index is 13.7. The highest BCUT2D eigenvalue weighted by atomic mass is 35.5. The number of benzene rings is 1. The topological polar surface area (TPSA) is 93.1 Å². The van der Waals surface area contributed by atoms with E-state index in [1.54, 1.807) is 42.5 Å². The Labute approximate surface area is 198 Å². The van der Waals surface area contributed by atoms with Gasteiger partial charge in [-0.1, -0.05) is 30.3 Å². The molecule has 1 aromatic carbocycles. The minimum absolute atomic E-state index is 0.147. The van der Waals surface area contributed by atoms with Gasteiger partial charge in [0.1, 0.15) is 4.83 Å². The molecule has 2 unspecified atom stereocenters. The molecule has 10 heteroatoms. The van der Waals surface area contributed by atoms with E-state index >= 15 is 0 Å². The van der Waals surface area contributed by atoms with E-state index in [1.807, 2.05) is 0 Å². The summed E-state index contributed by atoms with van der Waals surface area (Å²) in [5.74, 6) is 0.113. The van der Waals surface area contributed by atoms with E-state index in [2.05, 4.69) is 17.6 Å². The Morgan fingerprint density at radius 2 is 2.03 bits per heavy atom. The lowest BCUT2D eigenvalue weighted by Crippen LogP contribution is -2.41. The summed E-state index contributed by atoms with van der Waals surface area (Å²) in [6.45, 7) is 3.90. The first kappa shape index (κ1) is 22.8. The van der Waals surface area contributed by atoms with E-state index in [-0.39, 0.29) is 5.56 Å². The maximum Gasteiger partial charge on any atom is 0.321 e. The van der Waals surface area contributed by atoms with Crippen LogP contribution >= 0.6 is 34.7 Å². The van der Waals surface area contributed by atoms with Crippen LogP contribution in [-0.2, 0) is 17.6 Å². The average molecular weight is 491 g/mol. The number of hydrogen-bond donors (Lipinski definition) is 2. The van der Waals surface area contributed by atoms with Crippen LogP contribution in [0.15, 0.2) is 34.2 Å². The van der Waals surface area contributed by atoms with Crippen LogP contribution in [0.25, 0.3) is 15.9 Å². The number of amides is 3. The van der Waals surface area contributed by atoms with Crippen molar-refractivity contribution < 1.29 is 9.59 Å². The fourth-order valence-corrected chi connectivity index (χ4v) is 6.23. The van der Waals surface area contributed by atoms with Crippen molar-refractivity contribution in [2.24, 2.45) is 5.92 Å². The summed E-state index contributed by atoms with van der Waals surface area (Å²) in [7, 11) is 1.44. The quantitative estimate of drug-likeness (QED) is 0.423. The number of thiophene rings is 1. The van der Waals surface area contributed by atoms with Crippen molar-refractivity contribution >= 4 is 56.9 Å². The first-order valence-electron chi connectivity index (χ1n) is 10.3. The van der Waals surface area contributed by atoms with Crippen molar-refractivity contribution in [1.29, 1.82) is 0 Å². The van der Waals surface area contributed by atoms with Crippen LogP contribution in [0.2, 0.25) is 5.02 Å². The Morgan fingerprint density at radius 3 is 2.72 bits per heavy atom. The fraction of sp³-hybridized carbons (Fsp3) is 0.364. The molecule has 2 N–H and O–H groups in total. The molecule has 0 bridgehead atoms. The van der Waals surface area contributed by atoms with Crippen molar-refractivity contribution in [1.82, 2.24) is 20.2 Å². The molecule has 1 aliphatic carbocycles. The number of carbonyl (C=O) groups is 2. The summed E-state index contributed by atoms with van der Waals surface area (Å²) >= 11 is 8.76. The number of thioether (sulfide) groups is 1. The highest BCUT2D eigenvalue weighted by Gasteiger charge is 2.27. The van der Waals surface area contributed by atoms with E-state index < -0.39 is 17.2 Å². The number of rotatable bonds is 4. The number of aryl methyl sites for hydroxylation is 1. The minimum atomic E-state index is -0.648. The normalized spacial score (nSPS) is 16.4. The van der Waals surface area contributed by atoms with Crippen LogP contribution in [0.5, 0.6) is 0 Å². The summed E-state index contributed by atoms with van der Waals surface area (Å²) in [6, 6.07) is 6.37. The Balaban J connectivity index is 1.84. The molecule has 2 atom stereocenters. The Kier molecular flexibility index (Phi) is 6.60. The average Bonchev–Trinajstić information content (AvgIpc) is 3.12. The summed E-state index contributed by atoms with van der Waals surface area (Å²) in [4.78, 5) is 44.4. The Morgan fingerprint density at radius 1 is 1.31 bits per heavy atom. The number of hydrogen-bond acceptors (Lipinski definition) is 6. The summed E-state index contributed by atoms with van der Waals surface area (Å²) in [6.07, 6.45) is 2.86. The first-order valence-corrected chi connectivity index (χ1v) is 12.4. The summed E-state index contributed by atoms with van der Waals surface area (Å²) in [5.41, 5.74) is 1.58. The second-order valence-corrected chi connectivity index (χ2v) is 10.7. The molecule has 0 saturated heterocycles. The molecular weight excluding hydrogens is 468 g/mol. The van der Waals surface area contributed by atoms with Crippen molar-refractivity contribution in [3.63, 3.8) is 0 Å². The van der Waals surface area contributed by atoms with Gasteiger partial charge < -0.3 is 5.32 Å². The molecule has 2 heterocycles. The van der Waals surface area contributed by atoms with E-state index in [9.17, 15) is 14.4 Å². The first-order chi connectivity index (χ1) is 15.3. The van der Waals surface area contributed by atoms with E-state index in [0.29, 0.717) is 32.0 Å². The molecule has 32 heavy (non-hydrogen) atoms. The molecule has 3 aromatic rings. The van der Waals surface area contributed by atoms with E-state index in [4.69, 9.17) is 16.6 Å². The van der Waals surface area contributed by atoms with Gasteiger partial charge in [-0.15, -0.1) is 11.3 Å². The maximum absolute atomic E-state index is 13.7. The number of nitrogens with one attached hydrogen (secondary N) is 2. The molecule has 0 spiro atoms. The van der Waals surface area contributed by atoms with Gasteiger partial charge in [0.25, 0.3) is 5.56 Å². The molecule has 168 valence electrons. The van der Waals surface area contributed by atoms with Gasteiger partial charge in [0.15, 0.2) is 5.16 Å². The standard InChI is InChI=1S/C22H23ClN4O3S2/c1-11-4-9-15-16(10-11)32-19-17(15)20(29)27(14-7-5-13(23)6-8-14)22(26-19)31-12(2)18(28)25-21(30)24-3/h5-8,11-12H,4,9-10H2,1-3H3,(H2,24,25,28,30). The second kappa shape index (κ2) is 9.25. The number of imide groups is 1. The van der Waals surface area contributed by atoms with Gasteiger partial charge >= 0.3 is 6.03 Å². The predicted octanol–water partition coefficient (Wildman–Crippen LogP) is 4.16. The monoisotopic (exact) mass is 490 g/mol. The summed E-state index contributed by atoms with van der Waals surface area (Å²) in [5, 5.41) is 5.61. The predicted molar refractivity (Wildman–Crippen MR) is 129 cm³/mol. The number of halogens is 1. The van der Waals surface area contributed by atoms with Crippen molar-refractivity contribution in [2.75, 3.05) is 7.05 Å². The lowest BCUT2D eigenvalue weighted by Gasteiger charge is -2.18. The van der Waals surface area contributed by atoms with Crippen LogP contribution in [0.1, 0.15) is 30.7 Å². The largest absolute Gasteiger partial charge is 0.341 e. The van der Waals surface area contributed by atoms with Gasteiger partial charge in [-0.2, -0.15) is 0 Å². The zero-order chi connectivity index (χ0) is 23.0. The lowest BCUT2D eigenvalue weighted by atomic mass is 9.89. The molecule has 0 fully saturated rings. The SMILES string of the molecule is CNC(=O)NC(=O)C(C)Sc1nc2sc3c(c2c(=O)n1-c1ccc(Cl)cc1)CCC(C)C3. The number of urea groups is 1. The number of carbonyl (C=O) groups excluding carboxylic acids is 2. The molecule has 1 aliphatic rings. The van der Waals surface area contributed by atoms with E-state index in [0.717, 1.165) is 36.6 Å². The minimum Gasteiger partial charge on any atom is -0.341 e. The summed E-state index contributed by atoms with van der Waals surface area (Å²) < 4.78 is 1.54. The van der Waals surface area contributed by atoms with E-state index in [1.165, 1.54) is 16.5 Å². The van der Waals surface area contributed by atoms with Gasteiger partial charge in [0.2, 0.25) is 5.91 Å². The van der Waals surface area contributed by atoms with Crippen LogP contribution in [0.4, 0.5) is 4.79 Å². The van der Waals surface area contributed by atoms with Crippen LogP contribution in [0.3, 0.4) is 0 Å². The van der Waals surface area contributed by atoms with Crippen LogP contribution in [-0.4, -0.2) is 33.8 Å². The molecule has 2 aromatic heterocycles. The zero-order valence-corrected chi connectivity index (χ0v) is 20.3. The van der Waals surface area contributed by atoms with Crippen LogP contribution < -0.4 is 16.2 Å². The highest BCUT2D eigenvalue weighted by Crippen LogP contribution is 2.37. The Bertz CT molecular complexity index is 1250. The molecule has 0 radical (unpaired) electrons.